The fourth-order valence-corrected chi connectivity index (χ4v) is 0.889. The molecule has 0 saturated heterocycles. The molecule has 0 atom stereocenters. The van der Waals surface area contributed by atoms with Gasteiger partial charge in [-0.1, -0.05) is 6.58 Å². The fourth-order valence-electron chi connectivity index (χ4n) is 0.889. The third-order valence-electron chi connectivity index (χ3n) is 1.57. The Hall–Kier alpha value is -1.58. The number of rotatable bonds is 3. The topological polar surface area (TPSA) is 42.2 Å². The summed E-state index contributed by atoms with van der Waals surface area (Å²) in [5.41, 5.74) is 0.772. The quantitative estimate of drug-likeness (QED) is 0.711. The van der Waals surface area contributed by atoms with Crippen molar-refractivity contribution in [1.82, 2.24) is 9.55 Å². The molecule has 0 aliphatic heterocycles. The molecule has 0 radical (unpaired) electrons. The van der Waals surface area contributed by atoms with E-state index in [1.807, 2.05) is 31.8 Å². The molecule has 13 heavy (non-hydrogen) atoms. The normalized spacial score (nSPS) is 10.7. The van der Waals surface area contributed by atoms with Crippen LogP contribution in [0.4, 0.5) is 5.82 Å². The molecule has 0 unspecified atom stereocenters. The molecule has 1 heterocycles. The second-order valence-electron chi connectivity index (χ2n) is 2.84. The molecule has 70 valence electrons. The number of aliphatic imine (C=N–C) groups is 1. The summed E-state index contributed by atoms with van der Waals surface area (Å²) in [6.45, 7) is 5.52. The molecule has 0 aromatic carbocycles. The Morgan fingerprint density at radius 1 is 1.77 bits per heavy atom. The summed E-state index contributed by atoms with van der Waals surface area (Å²) in [5, 5.41) is 2.96. The molecule has 4 nitrogen and oxygen atoms in total. The number of nitrogens with zero attached hydrogens (tertiary/aromatic N) is 3. The molecule has 0 fully saturated rings. The minimum absolute atomic E-state index is 0.772. The molecule has 1 aromatic heterocycles. The highest BCUT2D eigenvalue weighted by Gasteiger charge is 1.99. The van der Waals surface area contributed by atoms with Gasteiger partial charge in [-0.2, -0.15) is 0 Å². The summed E-state index contributed by atoms with van der Waals surface area (Å²) in [7, 11) is 3.76. The number of anilines is 1. The van der Waals surface area contributed by atoms with Gasteiger partial charge >= 0.3 is 0 Å². The van der Waals surface area contributed by atoms with Crippen LogP contribution in [0.3, 0.4) is 0 Å². The Morgan fingerprint density at radius 3 is 2.92 bits per heavy atom. The van der Waals surface area contributed by atoms with Crippen molar-refractivity contribution in [3.8, 4) is 0 Å². The molecular formula is C9H14N4. The Balaban J connectivity index is 2.88. The van der Waals surface area contributed by atoms with Crippen molar-refractivity contribution in [3.05, 3.63) is 24.3 Å². The van der Waals surface area contributed by atoms with E-state index in [9.17, 15) is 0 Å². The van der Waals surface area contributed by atoms with Gasteiger partial charge in [-0.05, 0) is 6.92 Å². The SMILES string of the molecule is C=C(C)N=Cc1nc(NC)cn1C. The van der Waals surface area contributed by atoms with Crippen LogP contribution in [0.2, 0.25) is 0 Å². The predicted molar refractivity (Wildman–Crippen MR) is 55.2 cm³/mol. The van der Waals surface area contributed by atoms with Crippen LogP contribution in [0.5, 0.6) is 0 Å². The van der Waals surface area contributed by atoms with Crippen LogP contribution in [-0.4, -0.2) is 22.8 Å². The minimum atomic E-state index is 0.772. The number of nitrogens with one attached hydrogen (secondary N) is 1. The van der Waals surface area contributed by atoms with Gasteiger partial charge in [-0.25, -0.2) is 4.98 Å². The Kier molecular flexibility index (Phi) is 2.84. The fraction of sp³-hybridized carbons (Fsp3) is 0.333. The third-order valence-corrected chi connectivity index (χ3v) is 1.57. The van der Waals surface area contributed by atoms with E-state index in [4.69, 9.17) is 0 Å². The van der Waals surface area contributed by atoms with Crippen LogP contribution in [0.25, 0.3) is 0 Å². The maximum absolute atomic E-state index is 4.26. The van der Waals surface area contributed by atoms with E-state index in [-0.39, 0.29) is 0 Å². The first kappa shape index (κ1) is 9.51. The number of hydrogen-bond donors (Lipinski definition) is 1. The van der Waals surface area contributed by atoms with Crippen molar-refractivity contribution < 1.29 is 0 Å². The highest BCUT2D eigenvalue weighted by molar-refractivity contribution is 5.76. The highest BCUT2D eigenvalue weighted by Crippen LogP contribution is 2.04. The second-order valence-corrected chi connectivity index (χ2v) is 2.84. The Bertz CT molecular complexity index is 335. The van der Waals surface area contributed by atoms with Gasteiger partial charge in [0.2, 0.25) is 0 Å². The molecule has 0 amide bonds. The van der Waals surface area contributed by atoms with Gasteiger partial charge < -0.3 is 9.88 Å². The molecule has 1 N–H and O–H groups in total. The van der Waals surface area contributed by atoms with Crippen molar-refractivity contribution >= 4 is 12.0 Å². The summed E-state index contributed by atoms with van der Waals surface area (Å²) in [6, 6.07) is 0. The number of hydrogen-bond acceptors (Lipinski definition) is 3. The zero-order valence-corrected chi connectivity index (χ0v) is 8.20. The smallest absolute Gasteiger partial charge is 0.153 e. The zero-order chi connectivity index (χ0) is 9.84. The monoisotopic (exact) mass is 178 g/mol. The number of allylic oxidation sites excluding steroid dienone is 1. The standard InChI is InChI=1S/C9H14N4/c1-7(2)11-5-9-12-8(10-3)6-13(9)4/h5-6,10H,1H2,2-4H3. The number of imidazole rings is 1. The van der Waals surface area contributed by atoms with Crippen LogP contribution < -0.4 is 5.32 Å². The van der Waals surface area contributed by atoms with Crippen molar-refractivity contribution in [1.29, 1.82) is 0 Å². The van der Waals surface area contributed by atoms with E-state index >= 15 is 0 Å². The van der Waals surface area contributed by atoms with Gasteiger partial charge in [0.05, 0.1) is 6.21 Å². The van der Waals surface area contributed by atoms with Crippen molar-refractivity contribution in [2.75, 3.05) is 12.4 Å². The Morgan fingerprint density at radius 2 is 2.46 bits per heavy atom. The van der Waals surface area contributed by atoms with E-state index in [2.05, 4.69) is 21.9 Å². The van der Waals surface area contributed by atoms with Gasteiger partial charge in [0.25, 0.3) is 0 Å². The first-order chi connectivity index (χ1) is 6.13. The van der Waals surface area contributed by atoms with E-state index in [1.54, 1.807) is 6.21 Å². The summed E-state index contributed by atoms with van der Waals surface area (Å²) in [4.78, 5) is 8.33. The van der Waals surface area contributed by atoms with Crippen LogP contribution >= 0.6 is 0 Å². The first-order valence-electron chi connectivity index (χ1n) is 4.04. The highest BCUT2D eigenvalue weighted by atomic mass is 15.1. The lowest BCUT2D eigenvalue weighted by Crippen LogP contribution is -1.94. The predicted octanol–water partition coefficient (Wildman–Crippen LogP) is 1.41. The minimum Gasteiger partial charge on any atom is -0.372 e. The maximum Gasteiger partial charge on any atom is 0.153 e. The number of aryl methyl sites for hydroxylation is 1. The number of aromatic nitrogens is 2. The van der Waals surface area contributed by atoms with Crippen LogP contribution in [-0.2, 0) is 7.05 Å². The van der Waals surface area contributed by atoms with Gasteiger partial charge in [0, 0.05) is 26.0 Å². The molecule has 0 aliphatic rings. The molecular weight excluding hydrogens is 164 g/mol. The van der Waals surface area contributed by atoms with E-state index in [0.29, 0.717) is 0 Å². The zero-order valence-electron chi connectivity index (χ0n) is 8.20. The van der Waals surface area contributed by atoms with Crippen molar-refractivity contribution in [2.45, 2.75) is 6.92 Å². The first-order valence-corrected chi connectivity index (χ1v) is 4.04. The largest absolute Gasteiger partial charge is 0.372 e. The average Bonchev–Trinajstić information content (AvgIpc) is 2.43. The molecule has 0 saturated carbocycles. The van der Waals surface area contributed by atoms with E-state index in [0.717, 1.165) is 17.3 Å². The van der Waals surface area contributed by atoms with Crippen LogP contribution in [0.1, 0.15) is 12.7 Å². The lowest BCUT2D eigenvalue weighted by atomic mass is 10.6. The van der Waals surface area contributed by atoms with Gasteiger partial charge in [0.15, 0.2) is 5.82 Å². The lowest BCUT2D eigenvalue weighted by molar-refractivity contribution is 0.901. The summed E-state index contributed by atoms with van der Waals surface area (Å²) < 4.78 is 1.90. The van der Waals surface area contributed by atoms with E-state index in [1.165, 1.54) is 0 Å². The van der Waals surface area contributed by atoms with Crippen molar-refractivity contribution in [3.63, 3.8) is 0 Å². The third kappa shape index (κ3) is 2.43. The molecule has 0 spiro atoms. The van der Waals surface area contributed by atoms with Gasteiger partial charge in [-0.3, -0.25) is 4.99 Å². The molecule has 0 bridgehead atoms. The second kappa shape index (κ2) is 3.89. The summed E-state index contributed by atoms with van der Waals surface area (Å²) in [6.07, 6.45) is 3.60. The molecule has 1 aromatic rings. The van der Waals surface area contributed by atoms with Crippen LogP contribution in [0.15, 0.2) is 23.5 Å². The van der Waals surface area contributed by atoms with Gasteiger partial charge in [-0.15, -0.1) is 0 Å². The van der Waals surface area contributed by atoms with E-state index < -0.39 is 0 Å². The Labute approximate surface area is 78.0 Å². The maximum atomic E-state index is 4.26. The summed E-state index contributed by atoms with van der Waals surface area (Å²) >= 11 is 0. The molecule has 1 rings (SSSR count). The summed E-state index contributed by atoms with van der Waals surface area (Å²) in [5.74, 6) is 1.65. The van der Waals surface area contributed by atoms with Crippen molar-refractivity contribution in [2.24, 2.45) is 12.0 Å². The lowest BCUT2D eigenvalue weighted by Gasteiger charge is -1.91. The van der Waals surface area contributed by atoms with Crippen LogP contribution in [0, 0.1) is 0 Å². The molecule has 0 aliphatic carbocycles. The average molecular weight is 178 g/mol. The van der Waals surface area contributed by atoms with Gasteiger partial charge in [0.1, 0.15) is 5.82 Å². The molecule has 4 heteroatoms.